The smallest absolute Gasteiger partial charge is 0.265 e. The van der Waals surface area contributed by atoms with Gasteiger partial charge >= 0.3 is 0 Å². The van der Waals surface area contributed by atoms with Crippen LogP contribution in [0, 0.1) is 0 Å². The number of hydrogen-bond donors (Lipinski definition) is 1. The molecule has 4 heteroatoms. The average Bonchev–Trinajstić information content (AvgIpc) is 2.27. The number of hydrogen-bond acceptors (Lipinski definition) is 2. The minimum Gasteiger partial charge on any atom is -0.370 e. The number of pyridine rings is 1. The molecule has 0 bridgehead atoms. The highest BCUT2D eigenvalue weighted by atomic mass is 32.1. The first-order chi connectivity index (χ1) is 7.66. The zero-order chi connectivity index (χ0) is 12.0. The Kier molecular flexibility index (Phi) is 4.79. The van der Waals surface area contributed by atoms with Gasteiger partial charge in [-0.15, -0.1) is 6.58 Å². The van der Waals surface area contributed by atoms with Gasteiger partial charge in [0.2, 0.25) is 5.78 Å². The summed E-state index contributed by atoms with van der Waals surface area (Å²) in [5.41, 5.74) is 0. The predicted octanol–water partition coefficient (Wildman–Crippen LogP) is 1.21. The van der Waals surface area contributed by atoms with Crippen LogP contribution in [0.15, 0.2) is 43.2 Å². The van der Waals surface area contributed by atoms with Gasteiger partial charge in [-0.1, -0.05) is 24.4 Å². The maximum atomic E-state index is 11.6. The largest absolute Gasteiger partial charge is 0.370 e. The van der Waals surface area contributed by atoms with E-state index in [1.54, 1.807) is 10.6 Å². The van der Waals surface area contributed by atoms with E-state index < -0.39 is 6.04 Å². The maximum absolute atomic E-state index is 11.6. The van der Waals surface area contributed by atoms with E-state index in [4.69, 9.17) is 12.2 Å². The lowest BCUT2D eigenvalue weighted by Crippen LogP contribution is -2.50. The van der Waals surface area contributed by atoms with Gasteiger partial charge in [-0.3, -0.25) is 4.79 Å². The fourth-order valence-electron chi connectivity index (χ4n) is 1.38. The lowest BCUT2D eigenvalue weighted by molar-refractivity contribution is -0.693. The third kappa shape index (κ3) is 3.24. The molecule has 3 nitrogen and oxygen atoms in total. The topological polar surface area (TPSA) is 33.0 Å². The van der Waals surface area contributed by atoms with Crippen LogP contribution in [-0.2, 0) is 4.79 Å². The van der Waals surface area contributed by atoms with Crippen molar-refractivity contribution in [1.29, 1.82) is 0 Å². The lowest BCUT2D eigenvalue weighted by Gasteiger charge is -2.11. The SMILES string of the molecule is C=CCNC(=S)[C@H](C(C)=O)[n+]1ccccc1. The van der Waals surface area contributed by atoms with Crippen LogP contribution < -0.4 is 9.88 Å². The van der Waals surface area contributed by atoms with E-state index in [1.807, 2.05) is 30.6 Å². The number of Topliss-reactive ketones (excluding diaryl/α,β-unsaturated/α-hetero) is 1. The van der Waals surface area contributed by atoms with Crippen LogP contribution in [-0.4, -0.2) is 17.3 Å². The summed E-state index contributed by atoms with van der Waals surface area (Å²) in [7, 11) is 0. The second-order valence-corrected chi connectivity index (χ2v) is 3.81. The van der Waals surface area contributed by atoms with Gasteiger partial charge in [0.05, 0.1) is 0 Å². The number of ketones is 1. The van der Waals surface area contributed by atoms with Gasteiger partial charge in [0, 0.05) is 25.6 Å². The molecule has 0 fully saturated rings. The summed E-state index contributed by atoms with van der Waals surface area (Å²) in [5.74, 6) is 0.0118. The van der Waals surface area contributed by atoms with Gasteiger partial charge < -0.3 is 5.32 Å². The van der Waals surface area contributed by atoms with Gasteiger partial charge in [0.1, 0.15) is 0 Å². The normalized spacial score (nSPS) is 11.6. The summed E-state index contributed by atoms with van der Waals surface area (Å²) in [6, 6.07) is 5.20. The summed E-state index contributed by atoms with van der Waals surface area (Å²) >= 11 is 5.20. The zero-order valence-corrected chi connectivity index (χ0v) is 10.0. The molecule has 0 radical (unpaired) electrons. The maximum Gasteiger partial charge on any atom is 0.265 e. The first-order valence-electron chi connectivity index (χ1n) is 5.01. The predicted molar refractivity (Wildman–Crippen MR) is 67.2 cm³/mol. The molecule has 1 heterocycles. The van der Waals surface area contributed by atoms with Gasteiger partial charge in [-0.25, -0.2) is 0 Å². The zero-order valence-electron chi connectivity index (χ0n) is 9.22. The highest BCUT2D eigenvalue weighted by Gasteiger charge is 2.27. The monoisotopic (exact) mass is 235 g/mol. The van der Waals surface area contributed by atoms with Gasteiger partial charge in [-0.05, 0) is 0 Å². The molecule has 0 spiro atoms. The molecule has 0 unspecified atom stereocenters. The Hall–Kier alpha value is -1.55. The van der Waals surface area contributed by atoms with Crippen molar-refractivity contribution in [2.24, 2.45) is 0 Å². The minimum atomic E-state index is -0.434. The molecule has 84 valence electrons. The van der Waals surface area contributed by atoms with Crippen molar-refractivity contribution in [2.45, 2.75) is 13.0 Å². The van der Waals surface area contributed by atoms with Crippen LogP contribution in [0.2, 0.25) is 0 Å². The van der Waals surface area contributed by atoms with Crippen molar-refractivity contribution in [3.63, 3.8) is 0 Å². The summed E-state index contributed by atoms with van der Waals surface area (Å²) in [6.45, 7) is 5.70. The summed E-state index contributed by atoms with van der Waals surface area (Å²) in [5, 5.41) is 2.98. The first kappa shape index (κ1) is 12.5. The lowest BCUT2D eigenvalue weighted by atomic mass is 10.2. The second kappa shape index (κ2) is 6.12. The third-order valence-electron chi connectivity index (χ3n) is 2.09. The van der Waals surface area contributed by atoms with E-state index in [0.717, 1.165) is 0 Å². The van der Waals surface area contributed by atoms with Gasteiger partial charge in [0.15, 0.2) is 17.4 Å². The van der Waals surface area contributed by atoms with Crippen LogP contribution in [0.1, 0.15) is 13.0 Å². The average molecular weight is 235 g/mol. The number of nitrogens with one attached hydrogen (secondary N) is 1. The molecule has 0 aliphatic heterocycles. The van der Waals surface area contributed by atoms with Crippen molar-refractivity contribution >= 4 is 23.0 Å². The fourth-order valence-corrected chi connectivity index (χ4v) is 1.75. The standard InChI is InChI=1S/C12H14N2OS/c1-3-7-13-12(16)11(10(2)15)14-8-5-4-6-9-14/h3-6,8-9,11H,1,7H2,2H3/p+1/t11-/m0/s1. The van der Waals surface area contributed by atoms with Crippen LogP contribution in [0.25, 0.3) is 0 Å². The first-order valence-corrected chi connectivity index (χ1v) is 5.42. The molecule has 0 aromatic carbocycles. The highest BCUT2D eigenvalue weighted by Crippen LogP contribution is 2.00. The Labute approximate surface area is 101 Å². The fraction of sp³-hybridized carbons (Fsp3) is 0.250. The molecule has 0 saturated heterocycles. The molecule has 16 heavy (non-hydrogen) atoms. The molecule has 1 atom stereocenters. The Morgan fingerprint density at radius 1 is 1.50 bits per heavy atom. The number of nitrogens with zero attached hydrogens (tertiary/aromatic N) is 1. The molecule has 1 rings (SSSR count). The number of aromatic nitrogens is 1. The molecular formula is C12H15N2OS+. The van der Waals surface area contributed by atoms with Crippen molar-refractivity contribution in [3.05, 3.63) is 43.2 Å². The highest BCUT2D eigenvalue weighted by molar-refractivity contribution is 7.80. The van der Waals surface area contributed by atoms with Crippen LogP contribution in [0.3, 0.4) is 0 Å². The van der Waals surface area contributed by atoms with E-state index in [1.165, 1.54) is 6.92 Å². The van der Waals surface area contributed by atoms with Crippen molar-refractivity contribution in [1.82, 2.24) is 5.32 Å². The number of carbonyl (C=O) groups is 1. The Morgan fingerprint density at radius 2 is 2.12 bits per heavy atom. The summed E-state index contributed by atoms with van der Waals surface area (Å²) in [6.07, 6.45) is 5.36. The molecule has 1 aromatic heterocycles. The molecule has 1 aromatic rings. The van der Waals surface area contributed by atoms with E-state index in [2.05, 4.69) is 11.9 Å². The Morgan fingerprint density at radius 3 is 2.62 bits per heavy atom. The van der Waals surface area contributed by atoms with Crippen LogP contribution >= 0.6 is 12.2 Å². The van der Waals surface area contributed by atoms with E-state index in [-0.39, 0.29) is 5.78 Å². The molecule has 0 saturated carbocycles. The van der Waals surface area contributed by atoms with E-state index in [9.17, 15) is 4.79 Å². The van der Waals surface area contributed by atoms with E-state index in [0.29, 0.717) is 11.5 Å². The number of thiocarbonyl (C=S) groups is 1. The molecule has 0 amide bonds. The second-order valence-electron chi connectivity index (χ2n) is 3.37. The molecular weight excluding hydrogens is 220 g/mol. The number of rotatable bonds is 5. The third-order valence-corrected chi connectivity index (χ3v) is 2.46. The quantitative estimate of drug-likeness (QED) is 0.473. The molecule has 0 aliphatic carbocycles. The van der Waals surface area contributed by atoms with Crippen molar-refractivity contribution in [2.75, 3.05) is 6.54 Å². The van der Waals surface area contributed by atoms with Crippen LogP contribution in [0.4, 0.5) is 0 Å². The van der Waals surface area contributed by atoms with E-state index >= 15 is 0 Å². The Balaban J connectivity index is 2.88. The Bertz CT molecular complexity index is 389. The minimum absolute atomic E-state index is 0.0118. The van der Waals surface area contributed by atoms with Crippen molar-refractivity contribution in [3.8, 4) is 0 Å². The van der Waals surface area contributed by atoms with Gasteiger partial charge in [-0.2, -0.15) is 4.57 Å². The van der Waals surface area contributed by atoms with Crippen LogP contribution in [0.5, 0.6) is 0 Å². The summed E-state index contributed by atoms with van der Waals surface area (Å²) < 4.78 is 1.79. The van der Waals surface area contributed by atoms with Crippen molar-refractivity contribution < 1.29 is 9.36 Å². The van der Waals surface area contributed by atoms with Gasteiger partial charge in [0.25, 0.3) is 6.04 Å². The molecule has 1 N–H and O–H groups in total. The molecule has 0 aliphatic rings. The number of carbonyl (C=O) groups excluding carboxylic acids is 1. The summed E-state index contributed by atoms with van der Waals surface area (Å²) in [4.78, 5) is 12.1.